The highest BCUT2D eigenvalue weighted by atomic mass is 32.1. The van der Waals surface area contributed by atoms with E-state index >= 15 is 0 Å². The number of nitrogens with one attached hydrogen (secondary N) is 1. The molecule has 29 heavy (non-hydrogen) atoms. The highest BCUT2D eigenvalue weighted by molar-refractivity contribution is 7.13. The molecule has 2 heterocycles. The first-order chi connectivity index (χ1) is 14.2. The normalized spacial score (nSPS) is 10.7. The van der Waals surface area contributed by atoms with Crippen molar-refractivity contribution in [3.8, 4) is 16.5 Å². The number of amides is 1. The van der Waals surface area contributed by atoms with Gasteiger partial charge in [0.05, 0.1) is 11.3 Å². The summed E-state index contributed by atoms with van der Waals surface area (Å²) in [5.74, 6) is 1.53. The second kappa shape index (κ2) is 8.70. The lowest BCUT2D eigenvalue weighted by Gasteiger charge is -2.11. The van der Waals surface area contributed by atoms with Gasteiger partial charge in [-0.1, -0.05) is 47.6 Å². The molecule has 1 N–H and O–H groups in total. The van der Waals surface area contributed by atoms with E-state index in [2.05, 4.69) is 15.5 Å². The highest BCUT2D eigenvalue weighted by Crippen LogP contribution is 2.24. The predicted octanol–water partition coefficient (Wildman–Crippen LogP) is 4.71. The van der Waals surface area contributed by atoms with Crippen molar-refractivity contribution in [2.24, 2.45) is 0 Å². The molecule has 4 rings (SSSR count). The molecule has 0 fully saturated rings. The summed E-state index contributed by atoms with van der Waals surface area (Å²) in [7, 11) is 0. The Morgan fingerprint density at radius 1 is 1.10 bits per heavy atom. The maximum Gasteiger partial charge on any atom is 0.262 e. The van der Waals surface area contributed by atoms with E-state index in [0.717, 1.165) is 16.0 Å². The number of rotatable bonds is 7. The number of aromatic nitrogens is 2. The molecule has 0 bridgehead atoms. The van der Waals surface area contributed by atoms with E-state index in [0.29, 0.717) is 29.6 Å². The van der Waals surface area contributed by atoms with Crippen LogP contribution in [0.25, 0.3) is 10.7 Å². The number of hydrogen-bond acceptors (Lipinski definition) is 6. The van der Waals surface area contributed by atoms with E-state index in [1.807, 2.05) is 73.0 Å². The Kier molecular flexibility index (Phi) is 5.67. The number of anilines is 1. The first kappa shape index (κ1) is 18.9. The van der Waals surface area contributed by atoms with E-state index in [4.69, 9.17) is 9.26 Å². The Hall–Kier alpha value is -3.45. The van der Waals surface area contributed by atoms with Gasteiger partial charge in [-0.05, 0) is 41.6 Å². The number of hydrogen-bond donors (Lipinski definition) is 1. The molecule has 0 aliphatic rings. The van der Waals surface area contributed by atoms with Gasteiger partial charge in [0.15, 0.2) is 6.61 Å². The summed E-state index contributed by atoms with van der Waals surface area (Å²) in [6.07, 6.45) is 0.424. The van der Waals surface area contributed by atoms with Crippen LogP contribution in [-0.4, -0.2) is 22.7 Å². The van der Waals surface area contributed by atoms with Gasteiger partial charge < -0.3 is 14.6 Å². The van der Waals surface area contributed by atoms with E-state index in [-0.39, 0.29) is 12.5 Å². The molecule has 146 valence electrons. The summed E-state index contributed by atoms with van der Waals surface area (Å²) in [6.45, 7) is 1.87. The topological polar surface area (TPSA) is 77.2 Å². The minimum atomic E-state index is -0.231. The summed E-state index contributed by atoms with van der Waals surface area (Å²) in [4.78, 5) is 17.8. The van der Waals surface area contributed by atoms with E-state index in [9.17, 15) is 4.79 Å². The molecular weight excluding hydrogens is 386 g/mol. The quantitative estimate of drug-likeness (QED) is 0.482. The van der Waals surface area contributed by atoms with Crippen LogP contribution in [-0.2, 0) is 11.2 Å². The molecule has 7 heteroatoms. The molecule has 6 nitrogen and oxygen atoms in total. The standard InChI is InChI=1S/C22H19N3O3S/c1-15-7-2-5-10-18(15)27-14-20(26)23-17-9-4-3-8-16(17)13-21-24-22(25-28-21)19-11-6-12-29-19/h2-12H,13-14H2,1H3,(H,23,26). The van der Waals surface area contributed by atoms with E-state index in [1.165, 1.54) is 0 Å². The van der Waals surface area contributed by atoms with Crippen molar-refractivity contribution in [1.82, 2.24) is 10.1 Å². The van der Waals surface area contributed by atoms with E-state index in [1.54, 1.807) is 11.3 Å². The summed E-state index contributed by atoms with van der Waals surface area (Å²) in [6, 6.07) is 19.0. The predicted molar refractivity (Wildman–Crippen MR) is 112 cm³/mol. The molecule has 2 aromatic heterocycles. The summed E-state index contributed by atoms with van der Waals surface area (Å²) < 4.78 is 11.0. The van der Waals surface area contributed by atoms with Crippen LogP contribution < -0.4 is 10.1 Å². The van der Waals surface area contributed by atoms with Crippen LogP contribution in [0.4, 0.5) is 5.69 Å². The Bertz CT molecular complexity index is 1110. The lowest BCUT2D eigenvalue weighted by molar-refractivity contribution is -0.118. The fraction of sp³-hybridized carbons (Fsp3) is 0.136. The van der Waals surface area contributed by atoms with Crippen molar-refractivity contribution in [2.45, 2.75) is 13.3 Å². The average molecular weight is 405 g/mol. The average Bonchev–Trinajstić information content (AvgIpc) is 3.41. The minimum Gasteiger partial charge on any atom is -0.483 e. The van der Waals surface area contributed by atoms with Crippen LogP contribution >= 0.6 is 11.3 Å². The van der Waals surface area contributed by atoms with Crippen LogP contribution in [0.5, 0.6) is 5.75 Å². The zero-order chi connectivity index (χ0) is 20.1. The first-order valence-corrected chi connectivity index (χ1v) is 9.99. The third kappa shape index (κ3) is 4.70. The molecule has 0 unspecified atom stereocenters. The smallest absolute Gasteiger partial charge is 0.262 e. The zero-order valence-corrected chi connectivity index (χ0v) is 16.6. The van der Waals surface area contributed by atoms with E-state index < -0.39 is 0 Å². The van der Waals surface area contributed by atoms with Gasteiger partial charge in [-0.15, -0.1) is 11.3 Å². The third-order valence-corrected chi connectivity index (χ3v) is 5.16. The molecular formula is C22H19N3O3S. The Morgan fingerprint density at radius 3 is 2.76 bits per heavy atom. The maximum absolute atomic E-state index is 12.4. The molecule has 0 radical (unpaired) electrons. The van der Waals surface area contributed by atoms with Gasteiger partial charge in [0.2, 0.25) is 11.7 Å². The largest absolute Gasteiger partial charge is 0.483 e. The number of thiophene rings is 1. The fourth-order valence-electron chi connectivity index (χ4n) is 2.84. The summed E-state index contributed by atoms with van der Waals surface area (Å²) >= 11 is 1.56. The van der Waals surface area contributed by atoms with Crippen LogP contribution in [0.15, 0.2) is 70.6 Å². The summed E-state index contributed by atoms with van der Waals surface area (Å²) in [5.41, 5.74) is 2.57. The molecule has 0 spiro atoms. The molecule has 1 amide bonds. The molecule has 0 aliphatic carbocycles. The van der Waals surface area contributed by atoms with Crippen molar-refractivity contribution in [2.75, 3.05) is 11.9 Å². The van der Waals surface area contributed by atoms with Gasteiger partial charge >= 0.3 is 0 Å². The van der Waals surface area contributed by atoms with Crippen molar-refractivity contribution in [1.29, 1.82) is 0 Å². The maximum atomic E-state index is 12.4. The second-order valence-corrected chi connectivity index (χ2v) is 7.37. The van der Waals surface area contributed by atoms with Crippen LogP contribution in [0, 0.1) is 6.92 Å². The Morgan fingerprint density at radius 2 is 1.93 bits per heavy atom. The van der Waals surface area contributed by atoms with Gasteiger partial charge in [0, 0.05) is 5.69 Å². The van der Waals surface area contributed by atoms with Crippen molar-refractivity contribution < 1.29 is 14.1 Å². The Balaban J connectivity index is 1.42. The van der Waals surface area contributed by atoms with Crippen LogP contribution in [0.1, 0.15) is 17.0 Å². The zero-order valence-electron chi connectivity index (χ0n) is 15.8. The van der Waals surface area contributed by atoms with Crippen molar-refractivity contribution in [3.05, 3.63) is 83.1 Å². The van der Waals surface area contributed by atoms with Gasteiger partial charge in [0.1, 0.15) is 5.75 Å². The fourth-order valence-corrected chi connectivity index (χ4v) is 3.49. The highest BCUT2D eigenvalue weighted by Gasteiger charge is 2.13. The summed E-state index contributed by atoms with van der Waals surface area (Å²) in [5, 5.41) is 8.90. The van der Waals surface area contributed by atoms with Crippen molar-refractivity contribution in [3.63, 3.8) is 0 Å². The number of benzene rings is 2. The lowest BCUT2D eigenvalue weighted by Crippen LogP contribution is -2.21. The molecule has 0 saturated heterocycles. The minimum absolute atomic E-state index is 0.0672. The van der Waals surface area contributed by atoms with Crippen LogP contribution in [0.3, 0.4) is 0 Å². The number of para-hydroxylation sites is 2. The van der Waals surface area contributed by atoms with Gasteiger partial charge in [-0.2, -0.15) is 4.98 Å². The van der Waals surface area contributed by atoms with Crippen LogP contribution in [0.2, 0.25) is 0 Å². The third-order valence-electron chi connectivity index (χ3n) is 4.30. The van der Waals surface area contributed by atoms with Gasteiger partial charge in [0.25, 0.3) is 5.91 Å². The molecule has 0 atom stereocenters. The molecule has 4 aromatic rings. The lowest BCUT2D eigenvalue weighted by atomic mass is 10.1. The number of carbonyl (C=O) groups excluding carboxylic acids is 1. The van der Waals surface area contributed by atoms with Crippen molar-refractivity contribution >= 4 is 22.9 Å². The number of ether oxygens (including phenoxy) is 1. The SMILES string of the molecule is Cc1ccccc1OCC(=O)Nc1ccccc1Cc1nc(-c2cccs2)no1. The molecule has 0 aliphatic heterocycles. The Labute approximate surface area is 172 Å². The number of aryl methyl sites for hydroxylation is 1. The molecule has 2 aromatic carbocycles. The first-order valence-electron chi connectivity index (χ1n) is 9.11. The van der Waals surface area contributed by atoms with Gasteiger partial charge in [-0.25, -0.2) is 0 Å². The number of nitrogens with zero attached hydrogens (tertiary/aromatic N) is 2. The number of carbonyl (C=O) groups is 1. The van der Waals surface area contributed by atoms with Gasteiger partial charge in [-0.3, -0.25) is 4.79 Å². The monoisotopic (exact) mass is 405 g/mol. The second-order valence-electron chi connectivity index (χ2n) is 6.43. The molecule has 0 saturated carbocycles.